The van der Waals surface area contributed by atoms with Crippen molar-refractivity contribution in [3.8, 4) is 0 Å². The van der Waals surface area contributed by atoms with Crippen LogP contribution >= 0.6 is 0 Å². The maximum atomic E-state index is 13.1. The molecule has 2 rings (SSSR count). The Bertz CT molecular complexity index is 527. The van der Waals surface area contributed by atoms with E-state index in [0.29, 0.717) is 24.8 Å². The number of hydrogen-bond donors (Lipinski definition) is 1. The van der Waals surface area contributed by atoms with Crippen LogP contribution in [-0.4, -0.2) is 27.9 Å². The van der Waals surface area contributed by atoms with Crippen molar-refractivity contribution in [2.45, 2.75) is 45.2 Å². The summed E-state index contributed by atoms with van der Waals surface area (Å²) >= 11 is 0. The minimum atomic E-state index is -0.912. The predicted octanol–water partition coefficient (Wildman–Crippen LogP) is 2.99. The van der Waals surface area contributed by atoms with Gasteiger partial charge in [0.1, 0.15) is 5.82 Å². The molecule has 1 aliphatic rings. The third-order valence-corrected chi connectivity index (χ3v) is 3.96. The first-order chi connectivity index (χ1) is 9.91. The Morgan fingerprint density at radius 2 is 1.95 bits per heavy atom. The van der Waals surface area contributed by atoms with Crippen LogP contribution in [0, 0.1) is 11.7 Å². The SMILES string of the molecule is CC(C)N1C(=O)CCCC(C(=O)O)C1c1ccc(F)cc1. The van der Waals surface area contributed by atoms with Gasteiger partial charge in [0.25, 0.3) is 0 Å². The first-order valence-corrected chi connectivity index (χ1v) is 7.21. The number of amides is 1. The quantitative estimate of drug-likeness (QED) is 0.932. The molecule has 0 bridgehead atoms. The molecule has 21 heavy (non-hydrogen) atoms. The van der Waals surface area contributed by atoms with Crippen LogP contribution in [0.25, 0.3) is 0 Å². The Labute approximate surface area is 123 Å². The number of halogens is 1. The molecule has 4 nitrogen and oxygen atoms in total. The molecule has 0 aromatic heterocycles. The molecule has 1 saturated heterocycles. The molecule has 114 valence electrons. The normalized spacial score (nSPS) is 23.2. The molecule has 0 saturated carbocycles. The lowest BCUT2D eigenvalue weighted by Crippen LogP contribution is -2.43. The highest BCUT2D eigenvalue weighted by Crippen LogP contribution is 2.37. The Hall–Kier alpha value is -1.91. The van der Waals surface area contributed by atoms with Gasteiger partial charge >= 0.3 is 5.97 Å². The first-order valence-electron chi connectivity index (χ1n) is 7.21. The Kier molecular flexibility index (Phi) is 4.60. The average molecular weight is 293 g/mol. The Morgan fingerprint density at radius 1 is 1.33 bits per heavy atom. The van der Waals surface area contributed by atoms with Gasteiger partial charge in [0.15, 0.2) is 0 Å². The molecular formula is C16H20FNO3. The van der Waals surface area contributed by atoms with E-state index in [1.807, 2.05) is 13.8 Å². The predicted molar refractivity (Wildman–Crippen MR) is 76.1 cm³/mol. The Balaban J connectivity index is 2.50. The van der Waals surface area contributed by atoms with Gasteiger partial charge in [-0.05, 0) is 44.4 Å². The van der Waals surface area contributed by atoms with E-state index < -0.39 is 17.9 Å². The number of benzene rings is 1. The van der Waals surface area contributed by atoms with Crippen molar-refractivity contribution >= 4 is 11.9 Å². The number of carbonyl (C=O) groups is 2. The summed E-state index contributed by atoms with van der Waals surface area (Å²) < 4.78 is 13.1. The van der Waals surface area contributed by atoms with E-state index in [2.05, 4.69) is 0 Å². The lowest BCUT2D eigenvalue weighted by atomic mass is 9.88. The fourth-order valence-electron chi connectivity index (χ4n) is 3.03. The van der Waals surface area contributed by atoms with Crippen molar-refractivity contribution in [3.05, 3.63) is 35.6 Å². The molecule has 0 aliphatic carbocycles. The molecular weight excluding hydrogens is 273 g/mol. The Morgan fingerprint density at radius 3 is 2.48 bits per heavy atom. The minimum absolute atomic E-state index is 0.0388. The second kappa shape index (κ2) is 6.24. The van der Waals surface area contributed by atoms with Gasteiger partial charge < -0.3 is 10.0 Å². The van der Waals surface area contributed by atoms with Gasteiger partial charge in [-0.25, -0.2) is 4.39 Å². The number of carboxylic acid groups (broad SMARTS) is 1. The van der Waals surface area contributed by atoms with Crippen molar-refractivity contribution in [3.63, 3.8) is 0 Å². The van der Waals surface area contributed by atoms with E-state index in [4.69, 9.17) is 0 Å². The second-order valence-corrected chi connectivity index (χ2v) is 5.73. The second-order valence-electron chi connectivity index (χ2n) is 5.73. The van der Waals surface area contributed by atoms with Gasteiger partial charge in [-0.1, -0.05) is 12.1 Å². The monoisotopic (exact) mass is 293 g/mol. The summed E-state index contributed by atoms with van der Waals surface area (Å²) in [4.78, 5) is 25.6. The summed E-state index contributed by atoms with van der Waals surface area (Å²) in [6.07, 6.45) is 1.38. The zero-order valence-corrected chi connectivity index (χ0v) is 12.3. The molecule has 1 aromatic rings. The van der Waals surface area contributed by atoms with E-state index in [1.54, 1.807) is 17.0 Å². The molecule has 0 spiro atoms. The molecule has 2 atom stereocenters. The van der Waals surface area contributed by atoms with Gasteiger partial charge in [0.05, 0.1) is 12.0 Å². The van der Waals surface area contributed by atoms with Crippen LogP contribution in [-0.2, 0) is 9.59 Å². The highest BCUT2D eigenvalue weighted by Gasteiger charge is 2.39. The fourth-order valence-corrected chi connectivity index (χ4v) is 3.03. The zero-order chi connectivity index (χ0) is 15.6. The van der Waals surface area contributed by atoms with Gasteiger partial charge in [0, 0.05) is 12.5 Å². The van der Waals surface area contributed by atoms with E-state index in [0.717, 1.165) is 0 Å². The molecule has 1 N–H and O–H groups in total. The van der Waals surface area contributed by atoms with Crippen LogP contribution in [0.1, 0.15) is 44.7 Å². The maximum absolute atomic E-state index is 13.1. The number of nitrogens with zero attached hydrogens (tertiary/aromatic N) is 1. The van der Waals surface area contributed by atoms with E-state index in [1.165, 1.54) is 12.1 Å². The van der Waals surface area contributed by atoms with Gasteiger partial charge in [-0.15, -0.1) is 0 Å². The van der Waals surface area contributed by atoms with Crippen molar-refractivity contribution in [2.24, 2.45) is 5.92 Å². The van der Waals surface area contributed by atoms with Crippen molar-refractivity contribution in [2.75, 3.05) is 0 Å². The summed E-state index contributed by atoms with van der Waals surface area (Å²) in [6.45, 7) is 3.75. The molecule has 1 aliphatic heterocycles. The summed E-state index contributed by atoms with van der Waals surface area (Å²) in [6, 6.07) is 5.11. The highest BCUT2D eigenvalue weighted by atomic mass is 19.1. The molecule has 5 heteroatoms. The molecule has 2 unspecified atom stereocenters. The van der Waals surface area contributed by atoms with Crippen LogP contribution in [0.2, 0.25) is 0 Å². The lowest BCUT2D eigenvalue weighted by molar-refractivity contribution is -0.147. The molecule has 1 fully saturated rings. The number of rotatable bonds is 3. The minimum Gasteiger partial charge on any atom is -0.481 e. The third-order valence-electron chi connectivity index (χ3n) is 3.96. The maximum Gasteiger partial charge on any atom is 0.308 e. The first kappa shape index (κ1) is 15.5. The number of carboxylic acids is 1. The summed E-state index contributed by atoms with van der Waals surface area (Å²) in [5.41, 5.74) is 0.674. The largest absolute Gasteiger partial charge is 0.481 e. The van der Waals surface area contributed by atoms with Crippen LogP contribution in [0.4, 0.5) is 4.39 Å². The smallest absolute Gasteiger partial charge is 0.308 e. The topological polar surface area (TPSA) is 57.6 Å². The number of hydrogen-bond acceptors (Lipinski definition) is 2. The van der Waals surface area contributed by atoms with E-state index in [-0.39, 0.29) is 17.8 Å². The molecule has 1 amide bonds. The van der Waals surface area contributed by atoms with Crippen molar-refractivity contribution in [1.29, 1.82) is 0 Å². The molecule has 1 aromatic carbocycles. The highest BCUT2D eigenvalue weighted by molar-refractivity contribution is 5.80. The van der Waals surface area contributed by atoms with Crippen LogP contribution in [0.15, 0.2) is 24.3 Å². The average Bonchev–Trinajstić information content (AvgIpc) is 2.58. The van der Waals surface area contributed by atoms with Crippen molar-refractivity contribution in [1.82, 2.24) is 4.90 Å². The van der Waals surface area contributed by atoms with Gasteiger partial charge in [-0.2, -0.15) is 0 Å². The summed E-state index contributed by atoms with van der Waals surface area (Å²) in [5.74, 6) is -1.99. The van der Waals surface area contributed by atoms with Crippen LogP contribution in [0.3, 0.4) is 0 Å². The zero-order valence-electron chi connectivity index (χ0n) is 12.3. The van der Waals surface area contributed by atoms with E-state index >= 15 is 0 Å². The fraction of sp³-hybridized carbons (Fsp3) is 0.500. The third kappa shape index (κ3) is 3.23. The number of carbonyl (C=O) groups excluding carboxylic acids is 1. The van der Waals surface area contributed by atoms with E-state index in [9.17, 15) is 19.1 Å². The van der Waals surface area contributed by atoms with Gasteiger partial charge in [-0.3, -0.25) is 9.59 Å². The van der Waals surface area contributed by atoms with Crippen LogP contribution < -0.4 is 0 Å². The number of likely N-dealkylation sites (tertiary alicyclic amines) is 1. The summed E-state index contributed by atoms with van der Waals surface area (Å²) in [5, 5.41) is 9.52. The van der Waals surface area contributed by atoms with Gasteiger partial charge in [0.2, 0.25) is 5.91 Å². The summed E-state index contributed by atoms with van der Waals surface area (Å²) in [7, 11) is 0. The lowest BCUT2D eigenvalue weighted by Gasteiger charge is -2.36. The van der Waals surface area contributed by atoms with Crippen molar-refractivity contribution < 1.29 is 19.1 Å². The van der Waals surface area contributed by atoms with Crippen LogP contribution in [0.5, 0.6) is 0 Å². The molecule has 0 radical (unpaired) electrons. The molecule has 1 heterocycles. The number of aliphatic carboxylic acids is 1. The standard InChI is InChI=1S/C16H20FNO3/c1-10(2)18-14(19)5-3-4-13(16(20)21)15(18)11-6-8-12(17)9-7-11/h6-10,13,15H,3-5H2,1-2H3,(H,20,21).